The second kappa shape index (κ2) is 7.13. The SMILES string of the molecule is CCN(c1ccccc1C(=O)OCC(C)C)[SH](=O)=O. The van der Waals surface area contributed by atoms with E-state index in [2.05, 4.69) is 0 Å². The van der Waals surface area contributed by atoms with Crippen LogP contribution < -0.4 is 4.31 Å². The van der Waals surface area contributed by atoms with Gasteiger partial charge in [0.1, 0.15) is 0 Å². The Balaban J connectivity index is 3.04. The minimum absolute atomic E-state index is 0.231. The van der Waals surface area contributed by atoms with E-state index in [4.69, 9.17) is 4.74 Å². The Morgan fingerprint density at radius 3 is 2.47 bits per heavy atom. The second-order valence-corrected chi connectivity index (χ2v) is 5.42. The summed E-state index contributed by atoms with van der Waals surface area (Å²) in [6.45, 7) is 6.16. The first kappa shape index (κ1) is 15.5. The van der Waals surface area contributed by atoms with E-state index in [0.29, 0.717) is 12.3 Å². The molecule has 0 heterocycles. The molecule has 0 aromatic heterocycles. The summed E-state index contributed by atoms with van der Waals surface area (Å²) in [5, 5.41) is 0. The van der Waals surface area contributed by atoms with E-state index < -0.39 is 16.9 Å². The molecule has 0 saturated heterocycles. The van der Waals surface area contributed by atoms with Crippen LogP contribution in [0.2, 0.25) is 0 Å². The molecule has 106 valence electrons. The average Bonchev–Trinajstić information content (AvgIpc) is 2.37. The van der Waals surface area contributed by atoms with Crippen molar-refractivity contribution in [1.82, 2.24) is 0 Å². The van der Waals surface area contributed by atoms with Crippen LogP contribution in [0, 0.1) is 5.92 Å². The normalized spacial score (nSPS) is 10.8. The Bertz CT molecular complexity index is 503. The molecule has 0 amide bonds. The van der Waals surface area contributed by atoms with Gasteiger partial charge in [0.15, 0.2) is 0 Å². The van der Waals surface area contributed by atoms with Gasteiger partial charge in [-0.3, -0.25) is 4.31 Å². The molecule has 5 nitrogen and oxygen atoms in total. The van der Waals surface area contributed by atoms with Crippen molar-refractivity contribution in [1.29, 1.82) is 0 Å². The smallest absolute Gasteiger partial charge is 0.340 e. The summed E-state index contributed by atoms with van der Waals surface area (Å²) < 4.78 is 28.7. The highest BCUT2D eigenvalue weighted by atomic mass is 32.2. The number of esters is 1. The van der Waals surface area contributed by atoms with Crippen LogP contribution in [0.3, 0.4) is 0 Å². The fourth-order valence-electron chi connectivity index (χ4n) is 1.57. The molecule has 0 aliphatic rings. The molecule has 0 saturated carbocycles. The maximum absolute atomic E-state index is 12.0. The van der Waals surface area contributed by atoms with Gasteiger partial charge in [0.25, 0.3) is 0 Å². The Kier molecular flexibility index (Phi) is 5.82. The van der Waals surface area contributed by atoms with E-state index in [-0.39, 0.29) is 18.0 Å². The summed E-state index contributed by atoms with van der Waals surface area (Å²) in [5.41, 5.74) is 0.624. The molecular formula is C13H19NO4S. The number of thiol groups is 1. The van der Waals surface area contributed by atoms with Gasteiger partial charge in [-0.2, -0.15) is 0 Å². The minimum Gasteiger partial charge on any atom is -0.462 e. The van der Waals surface area contributed by atoms with Gasteiger partial charge in [0, 0.05) is 6.54 Å². The lowest BCUT2D eigenvalue weighted by Crippen LogP contribution is -2.23. The Morgan fingerprint density at radius 1 is 1.32 bits per heavy atom. The average molecular weight is 285 g/mol. The van der Waals surface area contributed by atoms with E-state index in [1.807, 2.05) is 13.8 Å². The monoisotopic (exact) mass is 285 g/mol. The third-order valence-electron chi connectivity index (χ3n) is 2.45. The lowest BCUT2D eigenvalue weighted by molar-refractivity contribution is 0.0460. The maximum Gasteiger partial charge on any atom is 0.340 e. The van der Waals surface area contributed by atoms with Gasteiger partial charge >= 0.3 is 5.97 Å². The number of benzene rings is 1. The molecule has 1 aromatic rings. The Labute approximate surface area is 115 Å². The molecule has 0 atom stereocenters. The Morgan fingerprint density at radius 2 is 1.95 bits per heavy atom. The molecule has 0 fully saturated rings. The highest BCUT2D eigenvalue weighted by Crippen LogP contribution is 2.21. The molecule has 0 aliphatic heterocycles. The highest BCUT2D eigenvalue weighted by Gasteiger charge is 2.17. The first-order valence-electron chi connectivity index (χ1n) is 6.15. The van der Waals surface area contributed by atoms with Gasteiger partial charge in [-0.15, -0.1) is 0 Å². The number of nitrogens with zero attached hydrogens (tertiary/aromatic N) is 1. The molecule has 0 spiro atoms. The molecule has 0 N–H and O–H groups in total. The first-order chi connectivity index (χ1) is 8.97. The first-order valence-corrected chi connectivity index (χ1v) is 7.28. The molecule has 0 unspecified atom stereocenters. The number of anilines is 1. The predicted octanol–water partition coefficient (Wildman–Crippen LogP) is 1.85. The van der Waals surface area contributed by atoms with Crippen LogP contribution >= 0.6 is 0 Å². The fourth-order valence-corrected chi connectivity index (χ4v) is 2.15. The number of hydrogen-bond donors (Lipinski definition) is 1. The molecule has 1 rings (SSSR count). The van der Waals surface area contributed by atoms with E-state index in [0.717, 1.165) is 4.31 Å². The summed E-state index contributed by atoms with van der Waals surface area (Å²) >= 11 is 0. The Hall–Kier alpha value is -1.56. The number of rotatable bonds is 6. The number of ether oxygens (including phenoxy) is 1. The van der Waals surface area contributed by atoms with Crippen LogP contribution in [0.4, 0.5) is 5.69 Å². The zero-order chi connectivity index (χ0) is 14.4. The van der Waals surface area contributed by atoms with Gasteiger partial charge in [-0.1, -0.05) is 26.0 Å². The molecular weight excluding hydrogens is 266 g/mol. The van der Waals surface area contributed by atoms with Crippen molar-refractivity contribution in [3.8, 4) is 0 Å². The minimum atomic E-state index is -2.78. The van der Waals surface area contributed by atoms with Crippen molar-refractivity contribution in [3.05, 3.63) is 29.8 Å². The molecule has 0 radical (unpaired) electrons. The lowest BCUT2D eigenvalue weighted by atomic mass is 10.1. The zero-order valence-corrected chi connectivity index (χ0v) is 12.2. The number of hydrogen-bond acceptors (Lipinski definition) is 4. The van der Waals surface area contributed by atoms with Crippen LogP contribution in [0.15, 0.2) is 24.3 Å². The van der Waals surface area contributed by atoms with E-state index in [1.165, 1.54) is 0 Å². The summed E-state index contributed by atoms with van der Waals surface area (Å²) in [6.07, 6.45) is 0. The largest absolute Gasteiger partial charge is 0.462 e. The van der Waals surface area contributed by atoms with Gasteiger partial charge < -0.3 is 4.74 Å². The van der Waals surface area contributed by atoms with Gasteiger partial charge in [0.05, 0.1) is 17.9 Å². The summed E-state index contributed by atoms with van der Waals surface area (Å²) in [6, 6.07) is 6.54. The number of carbonyl (C=O) groups excluding carboxylic acids is 1. The zero-order valence-electron chi connectivity index (χ0n) is 11.3. The van der Waals surface area contributed by atoms with E-state index in [1.54, 1.807) is 31.2 Å². The van der Waals surface area contributed by atoms with Crippen molar-refractivity contribution in [2.24, 2.45) is 5.92 Å². The van der Waals surface area contributed by atoms with Crippen LogP contribution in [-0.4, -0.2) is 27.5 Å². The molecule has 6 heteroatoms. The van der Waals surface area contributed by atoms with Crippen molar-refractivity contribution in [2.75, 3.05) is 17.5 Å². The highest BCUT2D eigenvalue weighted by molar-refractivity contribution is 7.74. The molecule has 1 aromatic carbocycles. The van der Waals surface area contributed by atoms with Crippen molar-refractivity contribution in [3.63, 3.8) is 0 Å². The van der Waals surface area contributed by atoms with E-state index in [9.17, 15) is 13.2 Å². The van der Waals surface area contributed by atoms with Crippen molar-refractivity contribution in [2.45, 2.75) is 20.8 Å². The number of para-hydroxylation sites is 1. The van der Waals surface area contributed by atoms with Crippen LogP contribution in [-0.2, 0) is 15.6 Å². The number of carbonyl (C=O) groups is 1. The summed E-state index contributed by atoms with van der Waals surface area (Å²) in [5.74, 6) is -0.269. The molecule has 0 aliphatic carbocycles. The third kappa shape index (κ3) is 4.24. The standard InChI is InChI=1S/C13H19NO4S/c1-4-14(19(16)17)12-8-6-5-7-11(12)13(15)18-9-10(2)3/h5-8,10,19H,4,9H2,1-3H3. The van der Waals surface area contributed by atoms with Gasteiger partial charge in [-0.25, -0.2) is 13.2 Å². The van der Waals surface area contributed by atoms with Gasteiger partial charge in [-0.05, 0) is 25.0 Å². The molecule has 19 heavy (non-hydrogen) atoms. The van der Waals surface area contributed by atoms with Crippen molar-refractivity contribution < 1.29 is 17.9 Å². The quantitative estimate of drug-likeness (QED) is 0.640. The predicted molar refractivity (Wildman–Crippen MR) is 74.9 cm³/mol. The molecule has 0 bridgehead atoms. The summed E-state index contributed by atoms with van der Waals surface area (Å²) in [7, 11) is -2.78. The fraction of sp³-hybridized carbons (Fsp3) is 0.462. The van der Waals surface area contributed by atoms with Crippen LogP contribution in [0.5, 0.6) is 0 Å². The van der Waals surface area contributed by atoms with Crippen molar-refractivity contribution >= 4 is 22.5 Å². The van der Waals surface area contributed by atoms with Crippen LogP contribution in [0.25, 0.3) is 0 Å². The van der Waals surface area contributed by atoms with Crippen LogP contribution in [0.1, 0.15) is 31.1 Å². The summed E-state index contributed by atoms with van der Waals surface area (Å²) in [4.78, 5) is 12.0. The maximum atomic E-state index is 12.0. The third-order valence-corrected chi connectivity index (χ3v) is 3.34. The van der Waals surface area contributed by atoms with E-state index >= 15 is 0 Å². The second-order valence-electron chi connectivity index (χ2n) is 4.46. The topological polar surface area (TPSA) is 63.7 Å². The van der Waals surface area contributed by atoms with Gasteiger partial charge in [0.2, 0.25) is 10.9 Å². The lowest BCUT2D eigenvalue weighted by Gasteiger charge is -2.18.